The van der Waals surface area contributed by atoms with Crippen molar-refractivity contribution in [3.8, 4) is 0 Å². The minimum atomic E-state index is -0.825. The smallest absolute Gasteiger partial charge is 0.112 e. The lowest BCUT2D eigenvalue weighted by atomic mass is 9.64. The summed E-state index contributed by atoms with van der Waals surface area (Å²) >= 11 is 3.55. The Kier molecular flexibility index (Phi) is 4.38. The Bertz CT molecular complexity index is 445. The molecule has 1 aromatic heterocycles. The summed E-state index contributed by atoms with van der Waals surface area (Å²) in [5.41, 5.74) is -0.0679. The summed E-state index contributed by atoms with van der Waals surface area (Å²) in [5, 5.41) is 15.7. The Morgan fingerprint density at radius 2 is 2.11 bits per heavy atom. The van der Waals surface area contributed by atoms with Crippen LogP contribution in [0.2, 0.25) is 0 Å². The van der Waals surface area contributed by atoms with Gasteiger partial charge in [0.2, 0.25) is 0 Å². The largest absolute Gasteiger partial charge is 0.383 e. The predicted octanol–water partition coefficient (Wildman–Crippen LogP) is 3.08. The molecule has 0 saturated heterocycles. The van der Waals surface area contributed by atoms with Crippen LogP contribution in [0.15, 0.2) is 10.7 Å². The van der Waals surface area contributed by atoms with Crippen molar-refractivity contribution in [2.24, 2.45) is 5.41 Å². The molecule has 1 unspecified atom stereocenters. The van der Waals surface area contributed by atoms with Crippen molar-refractivity contribution in [3.63, 3.8) is 0 Å². The van der Waals surface area contributed by atoms with E-state index in [1.165, 1.54) is 6.42 Å². The van der Waals surface area contributed by atoms with Gasteiger partial charge >= 0.3 is 0 Å². The zero-order valence-corrected chi connectivity index (χ0v) is 13.5. The van der Waals surface area contributed by atoms with E-state index in [-0.39, 0.29) is 5.41 Å². The molecule has 2 rings (SSSR count). The number of hydrogen-bond acceptors (Lipinski definition) is 3. The lowest BCUT2D eigenvalue weighted by molar-refractivity contribution is -0.110. The maximum absolute atomic E-state index is 11.3. The molecule has 5 heteroatoms. The average Bonchev–Trinajstić information content (AvgIpc) is 2.72. The molecule has 1 atom stereocenters. The van der Waals surface area contributed by atoms with E-state index in [9.17, 15) is 5.11 Å². The van der Waals surface area contributed by atoms with Gasteiger partial charge in [0, 0.05) is 7.11 Å². The van der Waals surface area contributed by atoms with Gasteiger partial charge in [0.05, 0.1) is 29.5 Å². The molecule has 0 amide bonds. The van der Waals surface area contributed by atoms with Crippen LogP contribution in [0, 0.1) is 5.41 Å². The van der Waals surface area contributed by atoms with Crippen LogP contribution in [0.3, 0.4) is 0 Å². The van der Waals surface area contributed by atoms with Crippen molar-refractivity contribution in [3.05, 3.63) is 16.4 Å². The van der Waals surface area contributed by atoms with Crippen LogP contribution >= 0.6 is 15.9 Å². The fourth-order valence-corrected chi connectivity index (χ4v) is 3.68. The Morgan fingerprint density at radius 3 is 2.74 bits per heavy atom. The molecule has 1 N–H and O–H groups in total. The minimum absolute atomic E-state index is 0.140. The highest BCUT2D eigenvalue weighted by atomic mass is 79.9. The summed E-state index contributed by atoms with van der Waals surface area (Å²) in [7, 11) is 1.68. The summed E-state index contributed by atoms with van der Waals surface area (Å²) < 4.78 is 7.89. The van der Waals surface area contributed by atoms with Gasteiger partial charge in [-0.25, -0.2) is 0 Å². The number of ether oxygens (including phenoxy) is 1. The lowest BCUT2D eigenvalue weighted by Gasteiger charge is -2.46. The third-order valence-electron chi connectivity index (χ3n) is 4.40. The van der Waals surface area contributed by atoms with Crippen molar-refractivity contribution < 1.29 is 9.84 Å². The van der Waals surface area contributed by atoms with Crippen molar-refractivity contribution >= 4 is 15.9 Å². The SMILES string of the molecule is COCCn1ncc(Br)c1C1(O)CCCCC1(C)C. The number of aromatic nitrogens is 2. The molecule has 1 aliphatic carbocycles. The fourth-order valence-electron chi connectivity index (χ4n) is 3.05. The first-order chi connectivity index (χ1) is 8.92. The van der Waals surface area contributed by atoms with Gasteiger partial charge in [-0.3, -0.25) is 4.68 Å². The Balaban J connectivity index is 2.41. The molecule has 0 radical (unpaired) electrons. The van der Waals surface area contributed by atoms with E-state index < -0.39 is 5.60 Å². The number of methoxy groups -OCH3 is 1. The van der Waals surface area contributed by atoms with E-state index >= 15 is 0 Å². The number of halogens is 1. The van der Waals surface area contributed by atoms with E-state index in [1.807, 2.05) is 4.68 Å². The maximum atomic E-state index is 11.3. The molecule has 0 aromatic carbocycles. The number of nitrogens with zero attached hydrogens (tertiary/aromatic N) is 2. The molecule has 1 aromatic rings. The normalized spacial score (nSPS) is 26.6. The topological polar surface area (TPSA) is 47.3 Å². The van der Waals surface area contributed by atoms with E-state index in [0.717, 1.165) is 29.4 Å². The van der Waals surface area contributed by atoms with E-state index in [0.29, 0.717) is 13.2 Å². The highest BCUT2D eigenvalue weighted by Crippen LogP contribution is 2.51. The number of hydrogen-bond donors (Lipinski definition) is 1. The quantitative estimate of drug-likeness (QED) is 0.922. The molecule has 1 aliphatic rings. The minimum Gasteiger partial charge on any atom is -0.383 e. The lowest BCUT2D eigenvalue weighted by Crippen LogP contribution is -2.46. The average molecular weight is 331 g/mol. The third-order valence-corrected chi connectivity index (χ3v) is 4.98. The van der Waals surface area contributed by atoms with Crippen molar-refractivity contribution in [1.29, 1.82) is 0 Å². The highest BCUT2D eigenvalue weighted by molar-refractivity contribution is 9.10. The molecule has 0 bridgehead atoms. The summed E-state index contributed by atoms with van der Waals surface area (Å²) in [6.45, 7) is 5.55. The zero-order valence-electron chi connectivity index (χ0n) is 11.9. The van der Waals surface area contributed by atoms with Crippen LogP contribution in [0.4, 0.5) is 0 Å². The first-order valence-electron chi connectivity index (χ1n) is 6.85. The molecule has 0 spiro atoms. The van der Waals surface area contributed by atoms with Crippen LogP contribution in [-0.2, 0) is 16.9 Å². The van der Waals surface area contributed by atoms with E-state index in [2.05, 4.69) is 34.9 Å². The number of aliphatic hydroxyl groups is 1. The first-order valence-corrected chi connectivity index (χ1v) is 7.65. The second kappa shape index (κ2) is 5.54. The van der Waals surface area contributed by atoms with Crippen LogP contribution in [0.1, 0.15) is 45.2 Å². The first kappa shape index (κ1) is 15.0. The Morgan fingerprint density at radius 1 is 1.42 bits per heavy atom. The van der Waals surface area contributed by atoms with Crippen LogP contribution < -0.4 is 0 Å². The molecular weight excluding hydrogens is 308 g/mol. The van der Waals surface area contributed by atoms with Crippen LogP contribution in [-0.4, -0.2) is 28.6 Å². The summed E-state index contributed by atoms with van der Waals surface area (Å²) in [4.78, 5) is 0. The molecule has 4 nitrogen and oxygen atoms in total. The van der Waals surface area contributed by atoms with Crippen LogP contribution in [0.25, 0.3) is 0 Å². The van der Waals surface area contributed by atoms with Gasteiger partial charge in [-0.2, -0.15) is 5.10 Å². The summed E-state index contributed by atoms with van der Waals surface area (Å²) in [6, 6.07) is 0. The van der Waals surface area contributed by atoms with Gasteiger partial charge < -0.3 is 9.84 Å². The molecule has 19 heavy (non-hydrogen) atoms. The Labute approximate surface area is 123 Å². The predicted molar refractivity (Wildman–Crippen MR) is 77.9 cm³/mol. The van der Waals surface area contributed by atoms with E-state index in [1.54, 1.807) is 13.3 Å². The van der Waals surface area contributed by atoms with Crippen molar-refractivity contribution in [2.45, 2.75) is 51.7 Å². The second-order valence-electron chi connectivity index (χ2n) is 6.01. The van der Waals surface area contributed by atoms with Gasteiger partial charge in [-0.1, -0.05) is 26.7 Å². The standard InChI is InChI=1S/C14H23BrN2O2/c1-13(2)6-4-5-7-14(13,18)12-11(15)10-16-17(12)8-9-19-3/h10,18H,4-9H2,1-3H3. The number of rotatable bonds is 4. The molecular formula is C14H23BrN2O2. The fraction of sp³-hybridized carbons (Fsp3) is 0.786. The highest BCUT2D eigenvalue weighted by Gasteiger charge is 2.49. The molecule has 1 heterocycles. The second-order valence-corrected chi connectivity index (χ2v) is 6.86. The van der Waals surface area contributed by atoms with Crippen LogP contribution in [0.5, 0.6) is 0 Å². The molecule has 1 fully saturated rings. The van der Waals surface area contributed by atoms with Gasteiger partial charge in [0.25, 0.3) is 0 Å². The van der Waals surface area contributed by atoms with Gasteiger partial charge in [-0.15, -0.1) is 0 Å². The molecule has 108 valence electrons. The summed E-state index contributed by atoms with van der Waals surface area (Å²) in [5.74, 6) is 0. The van der Waals surface area contributed by atoms with Gasteiger partial charge in [0.15, 0.2) is 0 Å². The summed E-state index contributed by atoms with van der Waals surface area (Å²) in [6.07, 6.45) is 5.83. The van der Waals surface area contributed by atoms with Crippen molar-refractivity contribution in [2.75, 3.05) is 13.7 Å². The molecule has 1 saturated carbocycles. The molecule has 0 aliphatic heterocycles. The van der Waals surface area contributed by atoms with E-state index in [4.69, 9.17) is 4.74 Å². The van der Waals surface area contributed by atoms with Gasteiger partial charge in [-0.05, 0) is 34.2 Å². The van der Waals surface area contributed by atoms with Crippen molar-refractivity contribution in [1.82, 2.24) is 9.78 Å². The zero-order chi connectivity index (χ0) is 14.1. The van der Waals surface area contributed by atoms with Gasteiger partial charge in [0.1, 0.15) is 5.60 Å². The maximum Gasteiger partial charge on any atom is 0.112 e. The monoisotopic (exact) mass is 330 g/mol. The Hall–Kier alpha value is -0.390. The third kappa shape index (κ3) is 2.60.